The van der Waals surface area contributed by atoms with Gasteiger partial charge in [0.05, 0.1) is 34.0 Å². The molecule has 3 aliphatic rings. The van der Waals surface area contributed by atoms with Crippen LogP contribution < -0.4 is 4.74 Å². The predicted octanol–water partition coefficient (Wildman–Crippen LogP) is 7.74. The largest absolute Gasteiger partial charge is 0.488 e. The Morgan fingerprint density at radius 1 is 1.20 bits per heavy atom. The Bertz CT molecular complexity index is 1650. The fraction of sp³-hybridized carbons (Fsp3) is 0.429. The first-order valence-corrected chi connectivity index (χ1v) is 16.7. The topological polar surface area (TPSA) is 59.7 Å². The van der Waals surface area contributed by atoms with Crippen LogP contribution in [-0.2, 0) is 23.8 Å². The minimum atomic E-state index is -4.69. The van der Waals surface area contributed by atoms with Crippen molar-refractivity contribution in [3.05, 3.63) is 88.8 Å². The highest BCUT2D eigenvalue weighted by molar-refractivity contribution is 7.83. The van der Waals surface area contributed by atoms with Crippen LogP contribution in [0.4, 0.5) is 17.6 Å². The Hall–Kier alpha value is -3.75. The van der Waals surface area contributed by atoms with E-state index in [2.05, 4.69) is 32.3 Å². The standard InChI is InChI=1S/C35H38F4N4O2S/c1-3-9-27(11-6-10-26-18-20-42(21-19-26)46(44)28-12-7-13-28)24-45-34-29(14-8-15-30(34)35(37,38)39)31-16-4-5-17-33(41-31)43-32(22-36)25(2)23-40-43/h3,6,8-11,14-15,17,23,26,28H,5,7,12-13,18-22,24H2,1-2H3/b9-3-,10-6+,27-11+. The van der Waals surface area contributed by atoms with Crippen LogP contribution in [0.2, 0.25) is 0 Å². The second-order valence-electron chi connectivity index (χ2n) is 11.5. The molecule has 244 valence electrons. The summed E-state index contributed by atoms with van der Waals surface area (Å²) in [7, 11) is -0.890. The highest BCUT2D eigenvalue weighted by Gasteiger charge is 2.36. The molecule has 46 heavy (non-hydrogen) atoms. The molecule has 3 heterocycles. The zero-order chi connectivity index (χ0) is 32.7. The number of alkyl halides is 4. The summed E-state index contributed by atoms with van der Waals surface area (Å²) in [6, 6.07) is 3.77. The zero-order valence-corrected chi connectivity index (χ0v) is 26.8. The van der Waals surface area contributed by atoms with Crippen LogP contribution in [0, 0.1) is 24.7 Å². The maximum Gasteiger partial charge on any atom is 0.419 e. The quantitative estimate of drug-likeness (QED) is 0.142. The minimum absolute atomic E-state index is 0.0730. The lowest BCUT2D eigenvalue weighted by molar-refractivity contribution is -0.138. The number of halogens is 4. The molecule has 0 spiro atoms. The van der Waals surface area contributed by atoms with Gasteiger partial charge in [0.25, 0.3) is 0 Å². The number of aliphatic imine (C=N–C) groups is 1. The molecule has 1 saturated carbocycles. The molecule has 11 heteroatoms. The third-order valence-electron chi connectivity index (χ3n) is 8.36. The number of aromatic nitrogens is 2. The van der Waals surface area contributed by atoms with Gasteiger partial charge in [-0.25, -0.2) is 22.6 Å². The van der Waals surface area contributed by atoms with Crippen molar-refractivity contribution in [1.82, 2.24) is 14.1 Å². The van der Waals surface area contributed by atoms with Crippen molar-refractivity contribution >= 4 is 22.5 Å². The van der Waals surface area contributed by atoms with Crippen LogP contribution in [0.5, 0.6) is 5.75 Å². The summed E-state index contributed by atoms with van der Waals surface area (Å²) in [4.78, 5) is 4.55. The van der Waals surface area contributed by atoms with E-state index in [1.165, 1.54) is 29.4 Å². The Balaban J connectivity index is 1.35. The summed E-state index contributed by atoms with van der Waals surface area (Å²) in [6.07, 6.45) is 13.3. The van der Waals surface area contributed by atoms with E-state index in [0.717, 1.165) is 44.8 Å². The van der Waals surface area contributed by atoms with Crippen molar-refractivity contribution in [3.63, 3.8) is 0 Å². The van der Waals surface area contributed by atoms with Crippen molar-refractivity contribution in [3.8, 4) is 17.6 Å². The van der Waals surface area contributed by atoms with E-state index in [1.807, 2.05) is 19.1 Å². The molecule has 2 aliphatic heterocycles. The first-order chi connectivity index (χ1) is 22.2. The molecule has 2 aromatic rings. The third-order valence-corrected chi connectivity index (χ3v) is 10.3. The number of piperidine rings is 1. The fourth-order valence-corrected chi connectivity index (χ4v) is 7.26. The molecule has 0 radical (unpaired) electrons. The normalized spacial score (nSPS) is 19.4. The molecule has 6 nitrogen and oxygen atoms in total. The van der Waals surface area contributed by atoms with Crippen LogP contribution in [0.15, 0.2) is 71.4 Å². The molecule has 5 rings (SSSR count). The Kier molecular flexibility index (Phi) is 11.1. The van der Waals surface area contributed by atoms with E-state index in [9.17, 15) is 21.8 Å². The van der Waals surface area contributed by atoms with Crippen molar-refractivity contribution in [2.45, 2.75) is 70.5 Å². The van der Waals surface area contributed by atoms with E-state index in [-0.39, 0.29) is 35.9 Å². The van der Waals surface area contributed by atoms with E-state index in [0.29, 0.717) is 28.0 Å². The van der Waals surface area contributed by atoms with Crippen LogP contribution >= 0.6 is 0 Å². The highest BCUT2D eigenvalue weighted by Crippen LogP contribution is 2.39. The predicted molar refractivity (Wildman–Crippen MR) is 174 cm³/mol. The second-order valence-corrected chi connectivity index (χ2v) is 13.3. The van der Waals surface area contributed by atoms with Crippen LogP contribution in [0.25, 0.3) is 5.82 Å². The lowest BCUT2D eigenvalue weighted by Crippen LogP contribution is -2.41. The molecule has 0 N–H and O–H groups in total. The first kappa shape index (κ1) is 33.6. The first-order valence-electron chi connectivity index (χ1n) is 15.6. The SMILES string of the molecule is C\C=C/C(=C\C=C\C1CCN(S(=O)C2CCC2)CC1)COc1c(C2=NC(n3ncc(C)c3CF)=CCC#C2)cccc1C(F)(F)F. The number of allylic oxidation sites excluding steroid dienone is 5. The molecule has 1 aromatic carbocycles. The van der Waals surface area contributed by atoms with E-state index in [4.69, 9.17) is 4.74 Å². The van der Waals surface area contributed by atoms with Gasteiger partial charge in [-0.15, -0.1) is 0 Å². The van der Waals surface area contributed by atoms with Gasteiger partial charge in [-0.1, -0.05) is 48.8 Å². The van der Waals surface area contributed by atoms with Crippen molar-refractivity contribution in [2.24, 2.45) is 10.9 Å². The van der Waals surface area contributed by atoms with E-state index >= 15 is 0 Å². The average Bonchev–Trinajstić information content (AvgIpc) is 3.22. The average molecular weight is 655 g/mol. The molecule has 1 aliphatic carbocycles. The monoisotopic (exact) mass is 654 g/mol. The Morgan fingerprint density at radius 3 is 2.65 bits per heavy atom. The van der Waals surface area contributed by atoms with Gasteiger partial charge in [-0.3, -0.25) is 0 Å². The number of benzene rings is 1. The number of hydrogen-bond acceptors (Lipinski definition) is 4. The number of nitrogens with zero attached hydrogens (tertiary/aromatic N) is 4. The van der Waals surface area contributed by atoms with E-state index < -0.39 is 29.4 Å². The fourth-order valence-electron chi connectivity index (χ4n) is 5.53. The summed E-state index contributed by atoms with van der Waals surface area (Å²) in [6.45, 7) is 4.24. The second kappa shape index (κ2) is 15.2. The summed E-state index contributed by atoms with van der Waals surface area (Å²) < 4.78 is 78.6. The van der Waals surface area contributed by atoms with Crippen LogP contribution in [0.3, 0.4) is 0 Å². The molecule has 1 atom stereocenters. The van der Waals surface area contributed by atoms with Crippen molar-refractivity contribution in [1.29, 1.82) is 0 Å². The van der Waals surface area contributed by atoms with Crippen molar-refractivity contribution < 1.29 is 26.5 Å². The summed E-state index contributed by atoms with van der Waals surface area (Å²) >= 11 is 0. The number of para-hydroxylation sites is 1. The summed E-state index contributed by atoms with van der Waals surface area (Å²) in [5.41, 5.74) is 0.840. The van der Waals surface area contributed by atoms with Crippen LogP contribution in [-0.4, -0.2) is 49.0 Å². The molecular formula is C35H38F4N4O2S. The minimum Gasteiger partial charge on any atom is -0.488 e. The molecule has 0 bridgehead atoms. The summed E-state index contributed by atoms with van der Waals surface area (Å²) in [5.74, 6) is 6.00. The molecule has 1 unspecified atom stereocenters. The highest BCUT2D eigenvalue weighted by atomic mass is 32.2. The van der Waals surface area contributed by atoms with Gasteiger partial charge in [0, 0.05) is 24.8 Å². The molecule has 1 saturated heterocycles. The van der Waals surface area contributed by atoms with Gasteiger partial charge in [0.2, 0.25) is 0 Å². The smallest absolute Gasteiger partial charge is 0.419 e. The maximum absolute atomic E-state index is 14.3. The van der Waals surface area contributed by atoms with Gasteiger partial charge in [-0.05, 0) is 80.7 Å². The van der Waals surface area contributed by atoms with Crippen LogP contribution in [0.1, 0.15) is 67.8 Å². The lowest BCUT2D eigenvalue weighted by Gasteiger charge is -2.35. The zero-order valence-electron chi connectivity index (χ0n) is 26.0. The third kappa shape index (κ3) is 7.96. The maximum atomic E-state index is 14.3. The number of aryl methyl sites for hydroxylation is 1. The van der Waals surface area contributed by atoms with Gasteiger partial charge in [-0.2, -0.15) is 18.3 Å². The molecule has 2 fully saturated rings. The van der Waals surface area contributed by atoms with Gasteiger partial charge in [0.15, 0.2) is 5.82 Å². The Labute approximate surface area is 270 Å². The van der Waals surface area contributed by atoms with Crippen molar-refractivity contribution in [2.75, 3.05) is 19.7 Å². The number of ether oxygens (including phenoxy) is 1. The molecular weight excluding hydrogens is 616 g/mol. The van der Waals surface area contributed by atoms with Gasteiger partial charge < -0.3 is 4.74 Å². The molecule has 1 aromatic heterocycles. The van der Waals surface area contributed by atoms with Gasteiger partial charge in [0.1, 0.15) is 24.7 Å². The molecule has 0 amide bonds. The van der Waals surface area contributed by atoms with E-state index in [1.54, 1.807) is 25.2 Å². The number of rotatable bonds is 11. The lowest BCUT2D eigenvalue weighted by atomic mass is 9.97. The summed E-state index contributed by atoms with van der Waals surface area (Å²) in [5, 5.41) is 4.54. The van der Waals surface area contributed by atoms with Gasteiger partial charge >= 0.3 is 6.18 Å². The number of hydrogen-bond donors (Lipinski definition) is 0. The Morgan fingerprint density at radius 2 is 1.98 bits per heavy atom.